The Kier molecular flexibility index (Phi) is 19.0. The summed E-state index contributed by atoms with van der Waals surface area (Å²) < 4.78 is 77.2. The summed E-state index contributed by atoms with van der Waals surface area (Å²) in [5, 5.41) is 24.8. The molecule has 20 heteroatoms. The van der Waals surface area contributed by atoms with Gasteiger partial charge in [-0.05, 0) is 116 Å². The summed E-state index contributed by atoms with van der Waals surface area (Å²) in [6.45, 7) is 20.0. The summed E-state index contributed by atoms with van der Waals surface area (Å²) in [7, 11) is -7.61. The van der Waals surface area contributed by atoms with Crippen LogP contribution in [0.25, 0.3) is 11.4 Å². The van der Waals surface area contributed by atoms with Crippen LogP contribution in [0.3, 0.4) is 0 Å². The average Bonchev–Trinajstić information content (AvgIpc) is 3.80. The molecule has 4 aromatic carbocycles. The van der Waals surface area contributed by atoms with Gasteiger partial charge in [-0.2, -0.15) is 0 Å². The van der Waals surface area contributed by atoms with Crippen molar-refractivity contribution in [1.82, 2.24) is 30.0 Å². The van der Waals surface area contributed by atoms with Crippen molar-refractivity contribution in [3.8, 4) is 23.7 Å². The summed E-state index contributed by atoms with van der Waals surface area (Å²) in [6.07, 6.45) is 6.16. The van der Waals surface area contributed by atoms with Gasteiger partial charge in [-0.15, -0.1) is 16.6 Å². The van der Waals surface area contributed by atoms with Crippen molar-refractivity contribution in [3.63, 3.8) is 0 Å². The number of terminal acetylenes is 1. The average molecular weight is 1140 g/mol. The second-order valence-corrected chi connectivity index (χ2v) is 20.5. The molecule has 15 nitrogen and oxygen atoms in total. The molecule has 346 valence electrons. The molecule has 0 aliphatic carbocycles. The van der Waals surface area contributed by atoms with E-state index < -0.39 is 38.5 Å². The Morgan fingerprint density at radius 1 is 0.672 bits per heavy atom. The van der Waals surface area contributed by atoms with Crippen molar-refractivity contribution in [2.24, 2.45) is 0 Å². The molecule has 6 aromatic rings. The Balaban J connectivity index is 0.000000303. The van der Waals surface area contributed by atoms with Gasteiger partial charge in [0.15, 0.2) is 5.69 Å². The van der Waals surface area contributed by atoms with Crippen molar-refractivity contribution in [1.29, 1.82) is 0 Å². The molecule has 0 aliphatic rings. The van der Waals surface area contributed by atoms with Gasteiger partial charge in [-0.3, -0.25) is 9.44 Å². The number of rotatable bonds is 9. The monoisotopic (exact) mass is 1130 g/mol. The van der Waals surface area contributed by atoms with Gasteiger partial charge in [0.05, 0.1) is 49.6 Å². The summed E-state index contributed by atoms with van der Waals surface area (Å²) in [5.41, 5.74) is 6.28. The van der Waals surface area contributed by atoms with Gasteiger partial charge in [0.25, 0.3) is 20.0 Å². The first-order valence-electron chi connectivity index (χ1n) is 19.5. The van der Waals surface area contributed by atoms with Crippen molar-refractivity contribution in [3.05, 3.63) is 129 Å². The fourth-order valence-electron chi connectivity index (χ4n) is 5.82. The SMILES string of the molecule is C#Cc1nnn(-c2cc(Cl)ccc2NS(=O)(=O)c2ccc(C(C)(C)C)cc2)c1C.CCO.CCc1nnn(-c2cc(Cl)ccc2NS(=O)(=O)c2ccc(C(C)(C)C)cc2)c1C.[O]=[Pt]=[O]. The molecule has 0 spiro atoms. The molecule has 6 rings (SSSR count). The molecule has 2 heterocycles. The summed E-state index contributed by atoms with van der Waals surface area (Å²) in [4.78, 5) is 0.349. The summed E-state index contributed by atoms with van der Waals surface area (Å²) in [6, 6.07) is 23.5. The first-order chi connectivity index (χ1) is 29.9. The number of aliphatic hydroxyl groups is 1. The van der Waals surface area contributed by atoms with Crippen molar-refractivity contribution < 1.29 is 47.2 Å². The van der Waals surface area contributed by atoms with Crippen LogP contribution in [0.15, 0.2) is 94.7 Å². The van der Waals surface area contributed by atoms with Crippen LogP contribution in [0, 0.1) is 26.2 Å². The fourth-order valence-corrected chi connectivity index (χ4v) is 8.30. The van der Waals surface area contributed by atoms with E-state index >= 15 is 0 Å². The predicted molar refractivity (Wildman–Crippen MR) is 246 cm³/mol. The Hall–Kier alpha value is -4.95. The summed E-state index contributed by atoms with van der Waals surface area (Å²) in [5.74, 6) is 2.44. The predicted octanol–water partition coefficient (Wildman–Crippen LogP) is 8.96. The van der Waals surface area contributed by atoms with Gasteiger partial charge in [0, 0.05) is 16.7 Å². The number of hydrogen-bond acceptors (Lipinski definition) is 11. The summed E-state index contributed by atoms with van der Waals surface area (Å²) >= 11 is 10.4. The zero-order valence-electron chi connectivity index (χ0n) is 37.0. The Morgan fingerprint density at radius 2 is 1.03 bits per heavy atom. The molecule has 0 saturated carbocycles. The second kappa shape index (κ2) is 22.8. The molecule has 0 bridgehead atoms. The van der Waals surface area contributed by atoms with Gasteiger partial charge in [0.1, 0.15) is 0 Å². The normalized spacial score (nSPS) is 11.5. The van der Waals surface area contributed by atoms with E-state index in [9.17, 15) is 16.8 Å². The topological polar surface area (TPSA) is 208 Å². The zero-order valence-corrected chi connectivity index (χ0v) is 42.5. The van der Waals surface area contributed by atoms with Crippen molar-refractivity contribution >= 4 is 54.6 Å². The van der Waals surface area contributed by atoms with Crippen LogP contribution in [0.2, 0.25) is 10.0 Å². The Bertz CT molecular complexity index is 2840. The van der Waals surface area contributed by atoms with E-state index in [4.69, 9.17) is 41.5 Å². The van der Waals surface area contributed by atoms with E-state index in [0.29, 0.717) is 44.2 Å². The molecule has 3 N–H and O–H groups in total. The number of aryl methyl sites for hydroxylation is 1. The Labute approximate surface area is 394 Å². The zero-order chi connectivity index (χ0) is 48.2. The number of aromatic nitrogens is 6. The molecular formula is C44H52Cl2N8O7PtS2. The number of nitrogens with one attached hydrogen (secondary N) is 2. The molecule has 64 heavy (non-hydrogen) atoms. The maximum absolute atomic E-state index is 13.0. The molecule has 0 fully saturated rings. The minimum atomic E-state index is -3.83. The number of benzene rings is 4. The van der Waals surface area contributed by atoms with Gasteiger partial charge >= 0.3 is 25.3 Å². The van der Waals surface area contributed by atoms with E-state index in [1.165, 1.54) is 4.68 Å². The third kappa shape index (κ3) is 14.0. The standard InChI is InChI=1S/C21H25ClN4O2S.C21H21ClN4O2S.C2H6O.2O.Pt/c2*1-6-18-14(2)26(25-23-18)20-13-16(22)9-12-19(20)24-29(27,28)17-10-7-15(8-11-17)21(3,4)5;1-2-3;;;/h7-13,24H,6H2,1-5H3;1,7-13,24H,2-5H3;3H,2H2,1H3;;;. The number of hydrogen-bond donors (Lipinski definition) is 3. The van der Waals surface area contributed by atoms with Crippen LogP contribution in [0.5, 0.6) is 0 Å². The molecule has 0 aliphatic heterocycles. The van der Waals surface area contributed by atoms with E-state index in [0.717, 1.165) is 28.9 Å². The molecule has 0 unspecified atom stereocenters. The van der Waals surface area contributed by atoms with E-state index in [1.807, 2.05) is 38.1 Å². The van der Waals surface area contributed by atoms with E-state index in [1.54, 1.807) is 79.2 Å². The van der Waals surface area contributed by atoms with Crippen LogP contribution in [0.4, 0.5) is 11.4 Å². The molecular weight excluding hydrogens is 1080 g/mol. The van der Waals surface area contributed by atoms with Crippen LogP contribution in [0.1, 0.15) is 89.3 Å². The number of halogens is 2. The van der Waals surface area contributed by atoms with Crippen LogP contribution >= 0.6 is 23.2 Å². The first-order valence-corrected chi connectivity index (χ1v) is 25.1. The van der Waals surface area contributed by atoms with Crippen LogP contribution in [-0.2, 0) is 62.6 Å². The second-order valence-electron chi connectivity index (χ2n) is 15.9. The third-order valence-corrected chi connectivity index (χ3v) is 12.5. The van der Waals surface area contributed by atoms with Gasteiger partial charge in [0.2, 0.25) is 0 Å². The van der Waals surface area contributed by atoms with Gasteiger partial charge in [-0.1, -0.05) is 106 Å². The third-order valence-electron chi connectivity index (χ3n) is 9.28. The van der Waals surface area contributed by atoms with Gasteiger partial charge in [-0.25, -0.2) is 26.2 Å². The van der Waals surface area contributed by atoms with Crippen LogP contribution in [-0.4, -0.2) is 58.5 Å². The first kappa shape index (κ1) is 53.4. The maximum atomic E-state index is 13.0. The van der Waals surface area contributed by atoms with Crippen molar-refractivity contribution in [2.45, 2.75) is 96.3 Å². The van der Waals surface area contributed by atoms with E-state index in [2.05, 4.69) is 77.5 Å². The fraction of sp³-hybridized carbons (Fsp3) is 0.318. The molecule has 2 aromatic heterocycles. The van der Waals surface area contributed by atoms with E-state index in [-0.39, 0.29) is 27.2 Å². The number of aliphatic hydroxyl groups excluding tert-OH is 1. The quantitative estimate of drug-likeness (QED) is 0.116. The molecule has 0 radical (unpaired) electrons. The molecule has 0 saturated heterocycles. The number of nitrogens with zero attached hydrogens (tertiary/aromatic N) is 6. The molecule has 0 amide bonds. The molecule has 0 atom stereocenters. The number of sulfonamides is 2. The van der Waals surface area contributed by atoms with Crippen molar-refractivity contribution in [2.75, 3.05) is 16.1 Å². The van der Waals surface area contributed by atoms with Gasteiger partial charge < -0.3 is 5.11 Å². The minimum absolute atomic E-state index is 0.0549. The Morgan fingerprint density at radius 3 is 1.34 bits per heavy atom. The number of anilines is 2. The van der Waals surface area contributed by atoms with Crippen LogP contribution < -0.4 is 9.44 Å².